The lowest BCUT2D eigenvalue weighted by molar-refractivity contribution is -0.142. The van der Waals surface area contributed by atoms with E-state index < -0.39 is 14.3 Å². The predicted molar refractivity (Wildman–Crippen MR) is 51.0 cm³/mol. The molecule has 0 aliphatic rings. The van der Waals surface area contributed by atoms with Crippen molar-refractivity contribution in [2.75, 3.05) is 13.8 Å². The Bertz CT molecular complexity index is 119. The molecular formula is C7H18NO3P. The average Bonchev–Trinajstić information content (AvgIpc) is 2.05. The first-order valence-electron chi connectivity index (χ1n) is 3.84. The van der Waals surface area contributed by atoms with Gasteiger partial charge in [-0.1, -0.05) is 13.8 Å². The minimum atomic E-state index is -1.23. The van der Waals surface area contributed by atoms with Crippen LogP contribution in [0.4, 0.5) is 0 Å². The molecule has 0 aliphatic carbocycles. The highest BCUT2D eigenvalue weighted by molar-refractivity contribution is 7.48. The predicted octanol–water partition coefficient (Wildman–Crippen LogP) is 1.10. The molecule has 0 saturated carbocycles. The van der Waals surface area contributed by atoms with E-state index in [2.05, 4.69) is 9.82 Å². The molecule has 12 heavy (non-hydrogen) atoms. The van der Waals surface area contributed by atoms with E-state index in [1.807, 2.05) is 13.8 Å². The first-order valence-corrected chi connectivity index (χ1v) is 5.58. The Labute approximate surface area is 75.2 Å². The SMILES string of the molecule is CC.COC(=O)C(C)NP(C)O. The number of esters is 1. The first kappa shape index (κ1) is 14.3. The lowest BCUT2D eigenvalue weighted by atomic mass is 10.4. The molecule has 0 saturated heterocycles. The molecule has 0 aromatic heterocycles. The molecule has 0 aliphatic heterocycles. The third-order valence-corrected chi connectivity index (χ3v) is 1.70. The zero-order chi connectivity index (χ0) is 10.1. The molecule has 0 aromatic carbocycles. The van der Waals surface area contributed by atoms with Gasteiger partial charge in [0, 0.05) is 0 Å². The molecule has 0 fully saturated rings. The van der Waals surface area contributed by atoms with Gasteiger partial charge in [0.05, 0.1) is 15.4 Å². The van der Waals surface area contributed by atoms with Crippen molar-refractivity contribution in [1.29, 1.82) is 0 Å². The molecule has 4 nitrogen and oxygen atoms in total. The van der Waals surface area contributed by atoms with Crippen LogP contribution in [0, 0.1) is 0 Å². The van der Waals surface area contributed by atoms with Gasteiger partial charge in [-0.3, -0.25) is 9.88 Å². The van der Waals surface area contributed by atoms with Crippen molar-refractivity contribution in [1.82, 2.24) is 5.09 Å². The molecule has 74 valence electrons. The maximum atomic E-state index is 10.7. The number of carbonyl (C=O) groups is 1. The van der Waals surface area contributed by atoms with E-state index in [4.69, 9.17) is 4.89 Å². The average molecular weight is 195 g/mol. The van der Waals surface area contributed by atoms with Gasteiger partial charge in [0.25, 0.3) is 0 Å². The maximum absolute atomic E-state index is 10.7. The van der Waals surface area contributed by atoms with E-state index >= 15 is 0 Å². The van der Waals surface area contributed by atoms with E-state index in [0.717, 1.165) is 0 Å². The lowest BCUT2D eigenvalue weighted by Crippen LogP contribution is -2.30. The van der Waals surface area contributed by atoms with Crippen molar-refractivity contribution < 1.29 is 14.4 Å². The van der Waals surface area contributed by atoms with Crippen LogP contribution in [-0.2, 0) is 9.53 Å². The van der Waals surface area contributed by atoms with Crippen LogP contribution in [-0.4, -0.2) is 30.7 Å². The summed E-state index contributed by atoms with van der Waals surface area (Å²) >= 11 is 0. The normalized spacial score (nSPS) is 13.8. The Balaban J connectivity index is 0. The molecule has 0 amide bonds. The number of hydrogen-bond donors (Lipinski definition) is 2. The molecule has 0 rings (SSSR count). The summed E-state index contributed by atoms with van der Waals surface area (Å²) in [5, 5.41) is 2.64. The fourth-order valence-corrected chi connectivity index (χ4v) is 1.18. The summed E-state index contributed by atoms with van der Waals surface area (Å²) in [5.74, 6) is -0.358. The summed E-state index contributed by atoms with van der Waals surface area (Å²) < 4.78 is 4.41. The number of carbonyl (C=O) groups excluding carboxylic acids is 1. The topological polar surface area (TPSA) is 58.6 Å². The highest BCUT2D eigenvalue weighted by Gasteiger charge is 2.13. The Morgan fingerprint density at radius 3 is 2.25 bits per heavy atom. The molecule has 0 radical (unpaired) electrons. The maximum Gasteiger partial charge on any atom is 0.322 e. The van der Waals surface area contributed by atoms with Gasteiger partial charge in [-0.2, -0.15) is 0 Å². The zero-order valence-corrected chi connectivity index (χ0v) is 9.18. The van der Waals surface area contributed by atoms with E-state index in [9.17, 15) is 4.79 Å². The molecule has 0 bridgehead atoms. The van der Waals surface area contributed by atoms with Gasteiger partial charge < -0.3 is 9.63 Å². The van der Waals surface area contributed by atoms with Crippen LogP contribution in [0.15, 0.2) is 0 Å². The van der Waals surface area contributed by atoms with Gasteiger partial charge >= 0.3 is 5.97 Å². The van der Waals surface area contributed by atoms with Crippen LogP contribution in [0.5, 0.6) is 0 Å². The highest BCUT2D eigenvalue weighted by atomic mass is 31.2. The number of ether oxygens (including phenoxy) is 1. The number of nitrogens with one attached hydrogen (secondary N) is 1. The van der Waals surface area contributed by atoms with Crippen LogP contribution in [0.3, 0.4) is 0 Å². The highest BCUT2D eigenvalue weighted by Crippen LogP contribution is 2.17. The molecule has 0 heterocycles. The van der Waals surface area contributed by atoms with Gasteiger partial charge in [-0.25, -0.2) is 0 Å². The molecular weight excluding hydrogens is 177 g/mol. The van der Waals surface area contributed by atoms with Gasteiger partial charge in [-0.15, -0.1) is 0 Å². The number of rotatable bonds is 3. The first-order chi connectivity index (χ1) is 5.57. The third-order valence-electron chi connectivity index (χ3n) is 0.935. The van der Waals surface area contributed by atoms with Crippen LogP contribution in [0.25, 0.3) is 0 Å². The summed E-state index contributed by atoms with van der Waals surface area (Å²) in [6.07, 6.45) is 0. The van der Waals surface area contributed by atoms with Crippen molar-refractivity contribution in [2.45, 2.75) is 26.8 Å². The van der Waals surface area contributed by atoms with E-state index in [1.165, 1.54) is 7.11 Å². The fraction of sp³-hybridized carbons (Fsp3) is 0.857. The van der Waals surface area contributed by atoms with Crippen LogP contribution < -0.4 is 5.09 Å². The summed E-state index contributed by atoms with van der Waals surface area (Å²) in [7, 11) is 0.0864. The Morgan fingerprint density at radius 2 is 2.00 bits per heavy atom. The smallest absolute Gasteiger partial charge is 0.322 e. The quantitative estimate of drug-likeness (QED) is 0.523. The van der Waals surface area contributed by atoms with Crippen molar-refractivity contribution in [3.05, 3.63) is 0 Å². The zero-order valence-electron chi connectivity index (χ0n) is 8.29. The minimum absolute atomic E-state index is 0.358. The molecule has 2 atom stereocenters. The molecule has 2 unspecified atom stereocenters. The van der Waals surface area contributed by atoms with Gasteiger partial charge in [-0.05, 0) is 13.6 Å². The lowest BCUT2D eigenvalue weighted by Gasteiger charge is -2.12. The molecule has 0 aromatic rings. The second-order valence-electron chi connectivity index (χ2n) is 1.90. The Morgan fingerprint density at radius 1 is 1.58 bits per heavy atom. The molecule has 0 spiro atoms. The van der Waals surface area contributed by atoms with Crippen molar-refractivity contribution in [3.63, 3.8) is 0 Å². The summed E-state index contributed by atoms with van der Waals surface area (Å²) in [6, 6.07) is -0.425. The minimum Gasteiger partial charge on any atom is -0.468 e. The monoisotopic (exact) mass is 195 g/mol. The number of hydrogen-bond acceptors (Lipinski definition) is 4. The van der Waals surface area contributed by atoms with Crippen molar-refractivity contribution in [3.8, 4) is 0 Å². The van der Waals surface area contributed by atoms with Gasteiger partial charge in [0.2, 0.25) is 0 Å². The van der Waals surface area contributed by atoms with E-state index in [0.29, 0.717) is 0 Å². The molecule has 5 heteroatoms. The fourth-order valence-electron chi connectivity index (χ4n) is 0.510. The van der Waals surface area contributed by atoms with Gasteiger partial charge in [0.15, 0.2) is 0 Å². The standard InChI is InChI=1S/C5H12NO3P.C2H6/c1-4(5(7)9-2)6-10(3)8;1-2/h4,6,8H,1-3H3;1-2H3. The second kappa shape index (κ2) is 8.91. The van der Waals surface area contributed by atoms with Crippen LogP contribution >= 0.6 is 8.30 Å². The third kappa shape index (κ3) is 7.92. The largest absolute Gasteiger partial charge is 0.468 e. The Kier molecular flexibility index (Phi) is 10.7. The van der Waals surface area contributed by atoms with Crippen LogP contribution in [0.1, 0.15) is 20.8 Å². The second-order valence-corrected chi connectivity index (χ2v) is 3.20. The Hall–Kier alpha value is -0.180. The van der Waals surface area contributed by atoms with E-state index in [-0.39, 0.29) is 5.97 Å². The summed E-state index contributed by atoms with van der Waals surface area (Å²) in [5.41, 5.74) is 0. The summed E-state index contributed by atoms with van der Waals surface area (Å²) in [4.78, 5) is 19.5. The van der Waals surface area contributed by atoms with Crippen LogP contribution in [0.2, 0.25) is 0 Å². The van der Waals surface area contributed by atoms with Gasteiger partial charge in [0.1, 0.15) is 6.04 Å². The van der Waals surface area contributed by atoms with E-state index in [1.54, 1.807) is 13.6 Å². The van der Waals surface area contributed by atoms with Crippen molar-refractivity contribution >= 4 is 14.3 Å². The van der Waals surface area contributed by atoms with Crippen molar-refractivity contribution in [2.24, 2.45) is 0 Å². The summed E-state index contributed by atoms with van der Waals surface area (Å²) in [6.45, 7) is 7.25. The number of methoxy groups -OCH3 is 1. The molecule has 2 N–H and O–H groups in total.